The average molecular weight is 292 g/mol. The highest BCUT2D eigenvalue weighted by Crippen LogP contribution is 2.21. The molecule has 0 fully saturated rings. The van der Waals surface area contributed by atoms with Gasteiger partial charge in [0.15, 0.2) is 0 Å². The maximum atomic E-state index is 12.4. The highest BCUT2D eigenvalue weighted by atomic mass is 35.5. The predicted octanol–water partition coefficient (Wildman–Crippen LogP) is 3.26. The second kappa shape index (κ2) is 6.09. The molecule has 5 heteroatoms. The second-order valence-corrected chi connectivity index (χ2v) is 5.09. The lowest BCUT2D eigenvalue weighted by molar-refractivity contribution is 0.0926. The van der Waals surface area contributed by atoms with Crippen LogP contribution in [0.3, 0.4) is 0 Å². The van der Waals surface area contributed by atoms with Gasteiger partial charge >= 0.3 is 0 Å². The number of rotatable bonds is 4. The van der Waals surface area contributed by atoms with E-state index in [9.17, 15) is 4.79 Å². The number of aromatic nitrogens is 2. The van der Waals surface area contributed by atoms with Crippen LogP contribution >= 0.6 is 11.6 Å². The third-order valence-electron chi connectivity index (χ3n) is 3.28. The maximum Gasteiger partial charge on any atom is 0.271 e. The molecule has 1 N–H and O–H groups in total. The van der Waals surface area contributed by atoms with Gasteiger partial charge in [0.05, 0.1) is 16.8 Å². The number of aryl methyl sites for hydroxylation is 2. The molecule has 20 heavy (non-hydrogen) atoms. The number of amides is 1. The summed E-state index contributed by atoms with van der Waals surface area (Å²) in [4.78, 5) is 12.4. The number of carbonyl (C=O) groups is 1. The Morgan fingerprint density at radius 1 is 1.40 bits per heavy atom. The van der Waals surface area contributed by atoms with Crippen LogP contribution in [-0.2, 0) is 7.05 Å². The average Bonchev–Trinajstić information content (AvgIpc) is 2.70. The van der Waals surface area contributed by atoms with Crippen LogP contribution in [0.25, 0.3) is 0 Å². The summed E-state index contributed by atoms with van der Waals surface area (Å²) in [6, 6.07) is 9.86. The van der Waals surface area contributed by atoms with Crippen LogP contribution in [0.2, 0.25) is 5.02 Å². The Kier molecular flexibility index (Phi) is 4.45. The molecule has 1 atom stereocenters. The number of nitrogens with one attached hydrogen (secondary N) is 1. The van der Waals surface area contributed by atoms with E-state index >= 15 is 0 Å². The van der Waals surface area contributed by atoms with Crippen molar-refractivity contribution in [3.05, 3.63) is 52.3 Å². The molecule has 0 aliphatic carbocycles. The van der Waals surface area contributed by atoms with Crippen LogP contribution in [-0.4, -0.2) is 15.7 Å². The monoisotopic (exact) mass is 291 g/mol. The first kappa shape index (κ1) is 14.6. The Morgan fingerprint density at radius 3 is 2.55 bits per heavy atom. The summed E-state index contributed by atoms with van der Waals surface area (Å²) < 4.78 is 1.52. The molecule has 0 aliphatic rings. The molecule has 4 nitrogen and oxygen atoms in total. The van der Waals surface area contributed by atoms with Gasteiger partial charge in [0.1, 0.15) is 5.69 Å². The molecule has 0 aliphatic heterocycles. The molecule has 1 aromatic carbocycles. The van der Waals surface area contributed by atoms with Gasteiger partial charge in [-0.25, -0.2) is 0 Å². The minimum Gasteiger partial charge on any atom is -0.344 e. The van der Waals surface area contributed by atoms with E-state index in [-0.39, 0.29) is 11.9 Å². The molecule has 1 unspecified atom stereocenters. The highest BCUT2D eigenvalue weighted by Gasteiger charge is 2.21. The van der Waals surface area contributed by atoms with E-state index in [0.717, 1.165) is 12.0 Å². The molecule has 0 saturated heterocycles. The van der Waals surface area contributed by atoms with E-state index in [2.05, 4.69) is 10.4 Å². The minimum absolute atomic E-state index is 0.0324. The van der Waals surface area contributed by atoms with Crippen molar-refractivity contribution in [1.82, 2.24) is 15.1 Å². The quantitative estimate of drug-likeness (QED) is 0.940. The molecular formula is C15H18ClN3O. The van der Waals surface area contributed by atoms with Crippen molar-refractivity contribution < 1.29 is 4.79 Å². The molecule has 106 valence electrons. The van der Waals surface area contributed by atoms with Gasteiger partial charge in [-0.05, 0) is 18.9 Å². The van der Waals surface area contributed by atoms with Crippen LogP contribution in [0.5, 0.6) is 0 Å². The lowest BCUT2D eigenvalue weighted by atomic mass is 10.0. The summed E-state index contributed by atoms with van der Waals surface area (Å²) in [5.41, 5.74) is 2.14. The zero-order valence-electron chi connectivity index (χ0n) is 11.9. The van der Waals surface area contributed by atoms with Crippen molar-refractivity contribution in [3.8, 4) is 0 Å². The Hall–Kier alpha value is -1.81. The topological polar surface area (TPSA) is 46.9 Å². The van der Waals surface area contributed by atoms with E-state index in [1.54, 1.807) is 14.0 Å². The maximum absolute atomic E-state index is 12.4. The zero-order chi connectivity index (χ0) is 14.7. The van der Waals surface area contributed by atoms with E-state index in [1.165, 1.54) is 4.68 Å². The first-order valence-electron chi connectivity index (χ1n) is 6.59. The molecule has 0 radical (unpaired) electrons. The number of benzene rings is 1. The minimum atomic E-state index is -0.200. The van der Waals surface area contributed by atoms with E-state index in [0.29, 0.717) is 16.4 Å². The fourth-order valence-electron chi connectivity index (χ4n) is 2.21. The van der Waals surface area contributed by atoms with Crippen molar-refractivity contribution >= 4 is 17.5 Å². The summed E-state index contributed by atoms with van der Waals surface area (Å²) >= 11 is 6.14. The molecule has 1 heterocycles. The Morgan fingerprint density at radius 2 is 2.05 bits per heavy atom. The van der Waals surface area contributed by atoms with Crippen molar-refractivity contribution in [2.24, 2.45) is 7.05 Å². The second-order valence-electron chi connectivity index (χ2n) is 4.72. The van der Waals surface area contributed by atoms with Crippen LogP contribution in [0, 0.1) is 6.92 Å². The zero-order valence-corrected chi connectivity index (χ0v) is 12.6. The first-order chi connectivity index (χ1) is 9.54. The number of carbonyl (C=O) groups excluding carboxylic acids is 1. The lowest BCUT2D eigenvalue weighted by Crippen LogP contribution is -2.30. The number of halogens is 1. The number of hydrogen-bond acceptors (Lipinski definition) is 2. The van der Waals surface area contributed by atoms with Gasteiger partial charge < -0.3 is 5.32 Å². The third-order valence-corrected chi connectivity index (χ3v) is 3.73. The fourth-order valence-corrected chi connectivity index (χ4v) is 2.46. The van der Waals surface area contributed by atoms with Gasteiger partial charge in [0.2, 0.25) is 0 Å². The van der Waals surface area contributed by atoms with Gasteiger partial charge in [0, 0.05) is 7.05 Å². The molecule has 2 rings (SSSR count). The molecule has 2 aromatic rings. The summed E-state index contributed by atoms with van der Waals surface area (Å²) in [7, 11) is 1.72. The fraction of sp³-hybridized carbons (Fsp3) is 0.333. The molecule has 0 saturated carbocycles. The standard InChI is InChI=1S/C15H18ClN3O/c1-4-12(11-8-6-5-7-9-11)17-15(20)14-13(16)10(2)18-19(14)3/h5-9,12H,4H2,1-3H3,(H,17,20). The van der Waals surface area contributed by atoms with Crippen molar-refractivity contribution in [2.45, 2.75) is 26.3 Å². The molecule has 0 bridgehead atoms. The Labute approximate surface area is 123 Å². The Bertz CT molecular complexity index is 607. The van der Waals surface area contributed by atoms with Crippen LogP contribution in [0.15, 0.2) is 30.3 Å². The van der Waals surface area contributed by atoms with Crippen molar-refractivity contribution in [1.29, 1.82) is 0 Å². The summed E-state index contributed by atoms with van der Waals surface area (Å²) in [5, 5.41) is 7.58. The molecule has 1 aromatic heterocycles. The normalized spacial score (nSPS) is 12.2. The third kappa shape index (κ3) is 2.85. The summed E-state index contributed by atoms with van der Waals surface area (Å²) in [5.74, 6) is -0.200. The number of nitrogens with zero attached hydrogens (tertiary/aromatic N) is 2. The largest absolute Gasteiger partial charge is 0.344 e. The number of hydrogen-bond donors (Lipinski definition) is 1. The predicted molar refractivity (Wildman–Crippen MR) is 79.9 cm³/mol. The van der Waals surface area contributed by atoms with E-state index < -0.39 is 0 Å². The molecular weight excluding hydrogens is 274 g/mol. The van der Waals surface area contributed by atoms with Crippen LogP contribution in [0.1, 0.15) is 41.1 Å². The van der Waals surface area contributed by atoms with Gasteiger partial charge in [-0.3, -0.25) is 9.48 Å². The lowest BCUT2D eigenvalue weighted by Gasteiger charge is -2.17. The van der Waals surface area contributed by atoms with Gasteiger partial charge in [-0.15, -0.1) is 0 Å². The molecule has 0 spiro atoms. The highest BCUT2D eigenvalue weighted by molar-refractivity contribution is 6.34. The SMILES string of the molecule is CCC(NC(=O)c1c(Cl)c(C)nn1C)c1ccccc1. The van der Waals surface area contributed by atoms with E-state index in [1.807, 2.05) is 37.3 Å². The summed E-state index contributed by atoms with van der Waals surface area (Å²) in [6.45, 7) is 3.82. The Balaban J connectivity index is 2.22. The van der Waals surface area contributed by atoms with Crippen molar-refractivity contribution in [3.63, 3.8) is 0 Å². The first-order valence-corrected chi connectivity index (χ1v) is 6.97. The summed E-state index contributed by atoms with van der Waals surface area (Å²) in [6.07, 6.45) is 0.810. The van der Waals surface area contributed by atoms with Gasteiger partial charge in [-0.1, -0.05) is 48.9 Å². The van der Waals surface area contributed by atoms with Gasteiger partial charge in [0.25, 0.3) is 5.91 Å². The van der Waals surface area contributed by atoms with Crippen molar-refractivity contribution in [2.75, 3.05) is 0 Å². The van der Waals surface area contributed by atoms with Gasteiger partial charge in [-0.2, -0.15) is 5.10 Å². The smallest absolute Gasteiger partial charge is 0.271 e. The molecule has 1 amide bonds. The van der Waals surface area contributed by atoms with Crippen LogP contribution in [0.4, 0.5) is 0 Å². The van der Waals surface area contributed by atoms with Crippen LogP contribution < -0.4 is 5.32 Å². The van der Waals surface area contributed by atoms with E-state index in [4.69, 9.17) is 11.6 Å².